The van der Waals surface area contributed by atoms with Crippen molar-refractivity contribution in [2.24, 2.45) is 17.3 Å². The molecular weight excluding hydrogens is 280 g/mol. The van der Waals surface area contributed by atoms with Crippen LogP contribution in [0.3, 0.4) is 0 Å². The van der Waals surface area contributed by atoms with Crippen LogP contribution in [0.1, 0.15) is 47.0 Å². The van der Waals surface area contributed by atoms with Crippen LogP contribution in [0, 0.1) is 17.3 Å². The van der Waals surface area contributed by atoms with Gasteiger partial charge in [-0.2, -0.15) is 0 Å². The van der Waals surface area contributed by atoms with Crippen molar-refractivity contribution in [1.82, 2.24) is 0 Å². The van der Waals surface area contributed by atoms with E-state index in [1.807, 2.05) is 0 Å². The molecule has 0 aromatic carbocycles. The normalized spacial score (nSPS) is 41.8. The maximum atomic E-state index is 12.2. The van der Waals surface area contributed by atoms with E-state index in [0.29, 0.717) is 23.9 Å². The Bertz CT molecular complexity index is 453. The van der Waals surface area contributed by atoms with Crippen LogP contribution in [-0.2, 0) is 14.0 Å². The first kappa shape index (κ1) is 15.7. The van der Waals surface area contributed by atoms with E-state index in [4.69, 9.17) is 9.16 Å². The lowest BCUT2D eigenvalue weighted by atomic mass is 9.54. The molecule has 3 nitrogen and oxygen atoms in total. The molecule has 5 atom stereocenters. The molecule has 0 aromatic heterocycles. The van der Waals surface area contributed by atoms with Crippen molar-refractivity contribution in [3.8, 4) is 0 Å². The summed E-state index contributed by atoms with van der Waals surface area (Å²) in [7, 11) is -1.78. The highest BCUT2D eigenvalue weighted by molar-refractivity contribution is 6.74. The van der Waals surface area contributed by atoms with E-state index in [1.165, 1.54) is 6.42 Å². The molecule has 4 fully saturated rings. The van der Waals surface area contributed by atoms with Gasteiger partial charge in [-0.05, 0) is 50.2 Å². The summed E-state index contributed by atoms with van der Waals surface area (Å²) in [6.07, 6.45) is 4.07. The molecule has 1 saturated heterocycles. The zero-order chi connectivity index (χ0) is 15.6. The Kier molecular flexibility index (Phi) is 3.48. The molecule has 21 heavy (non-hydrogen) atoms. The van der Waals surface area contributed by atoms with E-state index in [1.54, 1.807) is 6.92 Å². The zero-order valence-corrected chi connectivity index (χ0v) is 15.4. The zero-order valence-electron chi connectivity index (χ0n) is 14.4. The Morgan fingerprint density at radius 3 is 2.62 bits per heavy atom. The van der Waals surface area contributed by atoms with Crippen LogP contribution in [-0.4, -0.2) is 32.9 Å². The molecule has 0 spiro atoms. The van der Waals surface area contributed by atoms with Crippen molar-refractivity contribution in [2.75, 3.05) is 6.61 Å². The summed E-state index contributed by atoms with van der Waals surface area (Å²) in [5, 5.41) is 0.213. The summed E-state index contributed by atoms with van der Waals surface area (Å²) in [6.45, 7) is 13.9. The van der Waals surface area contributed by atoms with Crippen LogP contribution < -0.4 is 0 Å². The highest BCUT2D eigenvalue weighted by Gasteiger charge is 2.68. The summed E-state index contributed by atoms with van der Waals surface area (Å²) >= 11 is 0. The molecule has 1 aliphatic heterocycles. The van der Waals surface area contributed by atoms with Crippen LogP contribution in [0.4, 0.5) is 0 Å². The predicted octanol–water partition coefficient (Wildman–Crippen LogP) is 3.78. The van der Waals surface area contributed by atoms with Crippen molar-refractivity contribution in [3.05, 3.63) is 0 Å². The van der Waals surface area contributed by atoms with Crippen LogP contribution >= 0.6 is 0 Å². The molecule has 120 valence electrons. The minimum absolute atomic E-state index is 0.0270. The lowest BCUT2D eigenvalue weighted by Crippen LogP contribution is -2.55. The maximum absolute atomic E-state index is 12.2. The predicted molar refractivity (Wildman–Crippen MR) is 85.8 cm³/mol. The Morgan fingerprint density at radius 1 is 1.38 bits per heavy atom. The second-order valence-corrected chi connectivity index (χ2v) is 13.8. The standard InChI is InChI=1S/C17H30O3Si/c1-11(18)13-9-12-7-8-17(13,15-14(12)20-15)10-19-21(5,6)16(2,3)4/h12-15H,7-10H2,1-6H3/t12-,13+,14+,15+,17-/m1/s1. The van der Waals surface area contributed by atoms with Crippen molar-refractivity contribution < 1.29 is 14.0 Å². The van der Waals surface area contributed by atoms with Crippen molar-refractivity contribution in [2.45, 2.75) is 77.3 Å². The van der Waals surface area contributed by atoms with E-state index < -0.39 is 8.32 Å². The number of carbonyl (C=O) groups is 1. The number of hydrogen-bond acceptors (Lipinski definition) is 3. The third kappa shape index (κ3) is 2.34. The van der Waals surface area contributed by atoms with Gasteiger partial charge in [0.05, 0.1) is 12.2 Å². The Morgan fingerprint density at radius 2 is 2.05 bits per heavy atom. The van der Waals surface area contributed by atoms with E-state index in [-0.39, 0.29) is 16.4 Å². The summed E-state index contributed by atoms with van der Waals surface area (Å²) in [5.74, 6) is 1.12. The minimum Gasteiger partial charge on any atom is -0.416 e. The highest BCUT2D eigenvalue weighted by atomic mass is 28.4. The van der Waals surface area contributed by atoms with Gasteiger partial charge in [-0.1, -0.05) is 20.8 Å². The Hall–Kier alpha value is -0.193. The average Bonchev–Trinajstić information content (AvgIpc) is 3.17. The topological polar surface area (TPSA) is 38.8 Å². The molecule has 0 radical (unpaired) electrons. The highest BCUT2D eigenvalue weighted by Crippen LogP contribution is 2.63. The second-order valence-electron chi connectivity index (χ2n) is 9.00. The third-order valence-corrected chi connectivity index (χ3v) is 11.2. The summed E-state index contributed by atoms with van der Waals surface area (Å²) < 4.78 is 12.5. The number of epoxide rings is 1. The maximum Gasteiger partial charge on any atom is 0.192 e. The van der Waals surface area contributed by atoms with Gasteiger partial charge in [0.25, 0.3) is 0 Å². The van der Waals surface area contributed by atoms with Gasteiger partial charge in [-0.15, -0.1) is 0 Å². The molecule has 3 aliphatic carbocycles. The van der Waals surface area contributed by atoms with Gasteiger partial charge >= 0.3 is 0 Å². The number of carbonyl (C=O) groups excluding carboxylic acids is 1. The van der Waals surface area contributed by atoms with E-state index in [2.05, 4.69) is 33.9 Å². The fourth-order valence-corrected chi connectivity index (χ4v) is 5.29. The van der Waals surface area contributed by atoms with Gasteiger partial charge < -0.3 is 9.16 Å². The fourth-order valence-electron chi connectivity index (χ4n) is 4.22. The second kappa shape index (κ2) is 4.65. The molecule has 0 N–H and O–H groups in total. The molecule has 4 rings (SSSR count). The molecule has 1 heterocycles. The SMILES string of the molecule is CC(=O)[C@@H]1C[C@H]2CC[C@]1(CO[Si](C)(C)C(C)(C)C)[C@H]1O[C@@H]21. The Balaban J connectivity index is 1.80. The lowest BCUT2D eigenvalue weighted by molar-refractivity contribution is -0.132. The van der Waals surface area contributed by atoms with Gasteiger partial charge in [-0.25, -0.2) is 0 Å². The molecule has 0 unspecified atom stereocenters. The molecule has 3 saturated carbocycles. The largest absolute Gasteiger partial charge is 0.416 e. The number of ether oxygens (including phenoxy) is 1. The monoisotopic (exact) mass is 310 g/mol. The van der Waals surface area contributed by atoms with Crippen LogP contribution in [0.5, 0.6) is 0 Å². The van der Waals surface area contributed by atoms with Crippen LogP contribution in [0.25, 0.3) is 0 Å². The van der Waals surface area contributed by atoms with E-state index in [0.717, 1.165) is 19.4 Å². The van der Waals surface area contributed by atoms with Gasteiger partial charge in [0.2, 0.25) is 0 Å². The van der Waals surface area contributed by atoms with Crippen LogP contribution in [0.15, 0.2) is 0 Å². The Labute approximate surface area is 129 Å². The first-order valence-electron chi connectivity index (χ1n) is 8.38. The number of fused-ring (bicyclic) bond motifs is 2. The number of hydrogen-bond donors (Lipinski definition) is 0. The molecule has 4 aliphatic rings. The first-order chi connectivity index (χ1) is 9.58. The summed E-state index contributed by atoms with van der Waals surface area (Å²) in [6, 6.07) is 0. The van der Waals surface area contributed by atoms with Crippen molar-refractivity contribution in [3.63, 3.8) is 0 Å². The number of Topliss-reactive ketones (excluding diaryl/α,β-unsaturated/α-hetero) is 1. The number of rotatable bonds is 4. The summed E-state index contributed by atoms with van der Waals surface area (Å²) in [4.78, 5) is 12.2. The van der Waals surface area contributed by atoms with Crippen molar-refractivity contribution in [1.29, 1.82) is 0 Å². The average molecular weight is 311 g/mol. The smallest absolute Gasteiger partial charge is 0.192 e. The lowest BCUT2D eigenvalue weighted by Gasteiger charge is -2.50. The minimum atomic E-state index is -1.78. The van der Waals surface area contributed by atoms with E-state index in [9.17, 15) is 4.79 Å². The van der Waals surface area contributed by atoms with Crippen molar-refractivity contribution >= 4 is 14.1 Å². The number of ketones is 1. The third-order valence-electron chi connectivity index (χ3n) is 6.77. The van der Waals surface area contributed by atoms with Gasteiger partial charge in [-0.3, -0.25) is 4.79 Å². The molecule has 0 amide bonds. The quantitative estimate of drug-likeness (QED) is 0.586. The van der Waals surface area contributed by atoms with Gasteiger partial charge in [0, 0.05) is 17.9 Å². The fraction of sp³-hybridized carbons (Fsp3) is 0.941. The molecular formula is C17H30O3Si. The molecule has 2 bridgehead atoms. The first-order valence-corrected chi connectivity index (χ1v) is 11.3. The van der Waals surface area contributed by atoms with Crippen LogP contribution in [0.2, 0.25) is 18.1 Å². The molecule has 4 heteroatoms. The molecule has 0 aromatic rings. The van der Waals surface area contributed by atoms with E-state index >= 15 is 0 Å². The van der Waals surface area contributed by atoms with Gasteiger partial charge in [0.1, 0.15) is 5.78 Å². The summed E-state index contributed by atoms with van der Waals surface area (Å²) in [5.41, 5.74) is -0.0270. The van der Waals surface area contributed by atoms with Gasteiger partial charge in [0.15, 0.2) is 8.32 Å².